The molecule has 26 heavy (non-hydrogen) atoms. The van der Waals surface area contributed by atoms with Gasteiger partial charge in [-0.05, 0) is 50.1 Å². The van der Waals surface area contributed by atoms with Crippen molar-refractivity contribution in [3.05, 3.63) is 36.0 Å². The molecule has 0 radical (unpaired) electrons. The monoisotopic (exact) mass is 360 g/mol. The summed E-state index contributed by atoms with van der Waals surface area (Å²) in [6.07, 6.45) is 3.70. The average molecular weight is 360 g/mol. The number of carbonyl (C=O) groups excluding carboxylic acids is 1. The van der Waals surface area contributed by atoms with Crippen molar-refractivity contribution in [2.45, 2.75) is 45.1 Å². The maximum absolute atomic E-state index is 13.0. The van der Waals surface area contributed by atoms with Crippen LogP contribution in [0.15, 0.2) is 28.8 Å². The third kappa shape index (κ3) is 4.66. The van der Waals surface area contributed by atoms with Crippen LogP contribution in [0.1, 0.15) is 38.5 Å². The molecule has 2 aromatic rings. The van der Waals surface area contributed by atoms with Crippen molar-refractivity contribution in [2.75, 3.05) is 19.6 Å². The molecule has 3 rings (SSSR count). The Morgan fingerprint density at radius 1 is 1.38 bits per heavy atom. The highest BCUT2D eigenvalue weighted by atomic mass is 19.1. The number of hydrogen-bond donors (Lipinski definition) is 1. The van der Waals surface area contributed by atoms with E-state index >= 15 is 0 Å². The van der Waals surface area contributed by atoms with E-state index in [4.69, 9.17) is 4.52 Å². The van der Waals surface area contributed by atoms with E-state index in [9.17, 15) is 9.18 Å². The number of hydrogen-bond acceptors (Lipinski definition) is 5. The number of nitrogens with zero attached hydrogens (tertiary/aromatic N) is 3. The Labute approximate surface area is 152 Å². The summed E-state index contributed by atoms with van der Waals surface area (Å²) >= 11 is 0. The minimum atomic E-state index is -0.301. The molecule has 1 N–H and O–H groups in total. The number of aryl methyl sites for hydroxylation is 1. The van der Waals surface area contributed by atoms with Crippen molar-refractivity contribution in [3.63, 3.8) is 0 Å². The van der Waals surface area contributed by atoms with Crippen LogP contribution < -0.4 is 5.32 Å². The van der Waals surface area contributed by atoms with E-state index < -0.39 is 0 Å². The van der Waals surface area contributed by atoms with Gasteiger partial charge in [0.15, 0.2) is 0 Å². The van der Waals surface area contributed by atoms with Gasteiger partial charge in [-0.1, -0.05) is 12.1 Å². The Kier molecular flexibility index (Phi) is 6.33. The van der Waals surface area contributed by atoms with Crippen LogP contribution >= 0.6 is 0 Å². The van der Waals surface area contributed by atoms with E-state index in [1.807, 2.05) is 4.90 Å². The highest BCUT2D eigenvalue weighted by Crippen LogP contribution is 2.17. The number of aromatic nitrogens is 2. The maximum Gasteiger partial charge on any atom is 0.226 e. The molecule has 1 unspecified atom stereocenters. The molecule has 1 atom stereocenters. The maximum atomic E-state index is 13.0. The van der Waals surface area contributed by atoms with Gasteiger partial charge in [-0.2, -0.15) is 4.98 Å². The molecule has 1 aromatic carbocycles. The lowest BCUT2D eigenvalue weighted by atomic mass is 10.1. The molecule has 2 heterocycles. The molecule has 1 saturated heterocycles. The molecule has 6 nitrogen and oxygen atoms in total. The van der Waals surface area contributed by atoms with Gasteiger partial charge >= 0.3 is 0 Å². The fourth-order valence-electron chi connectivity index (χ4n) is 3.26. The van der Waals surface area contributed by atoms with Gasteiger partial charge in [-0.3, -0.25) is 4.79 Å². The molecule has 0 spiro atoms. The predicted molar refractivity (Wildman–Crippen MR) is 95.9 cm³/mol. The first kappa shape index (κ1) is 18.5. The van der Waals surface area contributed by atoms with E-state index in [1.54, 1.807) is 12.1 Å². The number of carbonyl (C=O) groups is 1. The van der Waals surface area contributed by atoms with Gasteiger partial charge in [-0.15, -0.1) is 0 Å². The van der Waals surface area contributed by atoms with Gasteiger partial charge in [-0.25, -0.2) is 4.39 Å². The van der Waals surface area contributed by atoms with Gasteiger partial charge in [0.1, 0.15) is 5.82 Å². The van der Waals surface area contributed by atoms with Crippen molar-refractivity contribution in [2.24, 2.45) is 0 Å². The average Bonchev–Trinajstić information content (AvgIpc) is 3.32. The molecular weight excluding hydrogens is 335 g/mol. The predicted octanol–water partition coefficient (Wildman–Crippen LogP) is 2.80. The summed E-state index contributed by atoms with van der Waals surface area (Å²) in [5, 5.41) is 7.25. The first-order valence-corrected chi connectivity index (χ1v) is 9.26. The van der Waals surface area contributed by atoms with Crippen LogP contribution in [0.25, 0.3) is 11.4 Å². The van der Waals surface area contributed by atoms with Gasteiger partial charge in [0.2, 0.25) is 17.6 Å². The summed E-state index contributed by atoms with van der Waals surface area (Å²) < 4.78 is 18.2. The second kappa shape index (κ2) is 8.89. The zero-order valence-corrected chi connectivity index (χ0v) is 15.1. The summed E-state index contributed by atoms with van der Waals surface area (Å²) in [6.45, 7) is 4.77. The molecule has 1 aliphatic heterocycles. The normalized spacial score (nSPS) is 16.8. The van der Waals surface area contributed by atoms with Crippen LogP contribution in [0.2, 0.25) is 0 Å². The summed E-state index contributed by atoms with van der Waals surface area (Å²) in [5.41, 5.74) is 0.709. The fourth-order valence-corrected chi connectivity index (χ4v) is 3.26. The highest BCUT2D eigenvalue weighted by molar-refractivity contribution is 5.76. The summed E-state index contributed by atoms with van der Waals surface area (Å²) in [4.78, 5) is 18.9. The Balaban J connectivity index is 1.51. The Bertz CT molecular complexity index is 711. The lowest BCUT2D eigenvalue weighted by Crippen LogP contribution is -2.42. The zero-order valence-electron chi connectivity index (χ0n) is 15.1. The van der Waals surface area contributed by atoms with E-state index in [0.29, 0.717) is 42.6 Å². The van der Waals surface area contributed by atoms with Crippen LogP contribution in [0, 0.1) is 5.82 Å². The van der Waals surface area contributed by atoms with Crippen molar-refractivity contribution < 1.29 is 13.7 Å². The number of amides is 1. The number of nitrogens with one attached hydrogen (secondary N) is 1. The molecule has 0 bridgehead atoms. The highest BCUT2D eigenvalue weighted by Gasteiger charge is 2.25. The van der Waals surface area contributed by atoms with Crippen LogP contribution in [-0.4, -0.2) is 46.6 Å². The van der Waals surface area contributed by atoms with Gasteiger partial charge in [0, 0.05) is 37.5 Å². The van der Waals surface area contributed by atoms with Crippen LogP contribution in [-0.2, 0) is 11.2 Å². The Morgan fingerprint density at radius 2 is 2.19 bits per heavy atom. The number of halogens is 1. The van der Waals surface area contributed by atoms with Crippen molar-refractivity contribution >= 4 is 5.91 Å². The van der Waals surface area contributed by atoms with Gasteiger partial charge in [0.25, 0.3) is 0 Å². The quantitative estimate of drug-likeness (QED) is 0.784. The van der Waals surface area contributed by atoms with Crippen LogP contribution in [0.5, 0.6) is 0 Å². The molecule has 1 amide bonds. The third-order valence-corrected chi connectivity index (χ3v) is 4.61. The minimum absolute atomic E-state index is 0.193. The molecule has 1 aromatic heterocycles. The van der Waals surface area contributed by atoms with E-state index in [-0.39, 0.29) is 11.7 Å². The van der Waals surface area contributed by atoms with Crippen LogP contribution in [0.4, 0.5) is 4.39 Å². The molecular formula is C19H25FN4O2. The molecule has 1 fully saturated rings. The van der Waals surface area contributed by atoms with Crippen molar-refractivity contribution in [1.82, 2.24) is 20.4 Å². The molecule has 7 heteroatoms. The largest absolute Gasteiger partial charge is 0.339 e. The first-order chi connectivity index (χ1) is 12.7. The standard InChI is InChI=1S/C19H25FN4O2/c1-2-12-24(16-10-11-21-13-16)18(25)5-3-4-17-22-19(23-26-17)14-6-8-15(20)9-7-14/h6-9,16,21H,2-5,10-13H2,1H3. The molecule has 140 valence electrons. The van der Waals surface area contributed by atoms with E-state index in [0.717, 1.165) is 32.5 Å². The lowest BCUT2D eigenvalue weighted by Gasteiger charge is -2.28. The Morgan fingerprint density at radius 3 is 2.88 bits per heavy atom. The molecule has 0 saturated carbocycles. The number of benzene rings is 1. The molecule has 1 aliphatic rings. The second-order valence-electron chi connectivity index (χ2n) is 6.61. The third-order valence-electron chi connectivity index (χ3n) is 4.61. The lowest BCUT2D eigenvalue weighted by molar-refractivity contribution is -0.133. The summed E-state index contributed by atoms with van der Waals surface area (Å²) in [7, 11) is 0. The summed E-state index contributed by atoms with van der Waals surface area (Å²) in [6, 6.07) is 6.28. The van der Waals surface area contributed by atoms with Crippen LogP contribution in [0.3, 0.4) is 0 Å². The summed E-state index contributed by atoms with van der Waals surface area (Å²) in [5.74, 6) is 0.835. The smallest absolute Gasteiger partial charge is 0.226 e. The zero-order chi connectivity index (χ0) is 18.4. The fraction of sp³-hybridized carbons (Fsp3) is 0.526. The minimum Gasteiger partial charge on any atom is -0.339 e. The SMILES string of the molecule is CCCN(C(=O)CCCc1nc(-c2ccc(F)cc2)no1)C1CCNC1. The second-order valence-corrected chi connectivity index (χ2v) is 6.61. The van der Waals surface area contributed by atoms with Crippen molar-refractivity contribution in [3.8, 4) is 11.4 Å². The van der Waals surface area contributed by atoms with Gasteiger partial charge < -0.3 is 14.7 Å². The number of rotatable bonds is 8. The molecule has 0 aliphatic carbocycles. The first-order valence-electron chi connectivity index (χ1n) is 9.26. The van der Waals surface area contributed by atoms with E-state index in [2.05, 4.69) is 22.4 Å². The van der Waals surface area contributed by atoms with E-state index in [1.165, 1.54) is 12.1 Å². The van der Waals surface area contributed by atoms with Crippen molar-refractivity contribution in [1.29, 1.82) is 0 Å². The topological polar surface area (TPSA) is 71.3 Å². The Hall–Kier alpha value is -2.28. The van der Waals surface area contributed by atoms with Gasteiger partial charge in [0.05, 0.1) is 0 Å².